The molecule has 0 aromatic heterocycles. The maximum atomic E-state index is 12.7. The number of hydrogen-bond donors (Lipinski definition) is 0. The first-order valence-electron chi connectivity index (χ1n) is 7.06. The molecule has 0 N–H and O–H groups in total. The lowest BCUT2D eigenvalue weighted by atomic mass is 10.2. The van der Waals surface area contributed by atoms with Gasteiger partial charge in [0.2, 0.25) is 0 Å². The molecule has 0 radical (unpaired) electrons. The van der Waals surface area contributed by atoms with Crippen LogP contribution in [0.1, 0.15) is 33.6 Å². The van der Waals surface area contributed by atoms with Gasteiger partial charge in [0.15, 0.2) is 0 Å². The lowest BCUT2D eigenvalue weighted by molar-refractivity contribution is 0.233. The molecule has 0 amide bonds. The summed E-state index contributed by atoms with van der Waals surface area (Å²) in [5.41, 5.74) is 0. The summed E-state index contributed by atoms with van der Waals surface area (Å²) in [5.74, 6) is 1.61. The molecule has 20 heavy (non-hydrogen) atoms. The highest BCUT2D eigenvalue weighted by Gasteiger charge is 2.26. The molecule has 4 nitrogen and oxygen atoms in total. The molecule has 0 bridgehead atoms. The van der Waals surface area contributed by atoms with Crippen molar-refractivity contribution in [1.29, 1.82) is 0 Å². The Balaban J connectivity index is 2.73. The lowest BCUT2D eigenvalue weighted by Crippen LogP contribution is -2.07. The highest BCUT2D eigenvalue weighted by molar-refractivity contribution is 7.54. The predicted octanol–water partition coefficient (Wildman–Crippen LogP) is 4.74. The van der Waals surface area contributed by atoms with Gasteiger partial charge in [-0.3, -0.25) is 4.52 Å². The van der Waals surface area contributed by atoms with E-state index in [4.69, 9.17) is 13.8 Å². The van der Waals surface area contributed by atoms with Gasteiger partial charge in [-0.15, -0.1) is 0 Å². The zero-order valence-corrected chi connectivity index (χ0v) is 13.7. The maximum Gasteiger partial charge on any atom is 0.379 e. The minimum absolute atomic E-state index is 0.324. The Kier molecular flexibility index (Phi) is 7.11. The van der Waals surface area contributed by atoms with Crippen LogP contribution in [0.5, 0.6) is 11.5 Å². The highest BCUT2D eigenvalue weighted by atomic mass is 31.2. The first-order valence-corrected chi connectivity index (χ1v) is 8.79. The van der Waals surface area contributed by atoms with E-state index in [0.29, 0.717) is 24.4 Å². The molecule has 1 rings (SSSR count). The summed E-state index contributed by atoms with van der Waals surface area (Å²) < 4.78 is 29.0. The van der Waals surface area contributed by atoms with Gasteiger partial charge in [0.1, 0.15) is 11.5 Å². The van der Waals surface area contributed by atoms with E-state index in [1.165, 1.54) is 0 Å². The Hall–Kier alpha value is -0.990. The third-order valence-electron chi connectivity index (χ3n) is 2.69. The molecule has 0 spiro atoms. The van der Waals surface area contributed by atoms with E-state index in [1.54, 1.807) is 31.4 Å². The van der Waals surface area contributed by atoms with Crippen LogP contribution in [0.3, 0.4) is 0 Å². The van der Waals surface area contributed by atoms with Gasteiger partial charge >= 0.3 is 7.60 Å². The quantitative estimate of drug-likeness (QED) is 0.618. The van der Waals surface area contributed by atoms with Gasteiger partial charge in [0.25, 0.3) is 0 Å². The van der Waals surface area contributed by atoms with Crippen LogP contribution in [-0.4, -0.2) is 19.9 Å². The van der Waals surface area contributed by atoms with Crippen LogP contribution in [-0.2, 0) is 9.09 Å². The minimum Gasteiger partial charge on any atom is -0.497 e. The third-order valence-corrected chi connectivity index (χ3v) is 4.59. The van der Waals surface area contributed by atoms with Crippen molar-refractivity contribution in [2.45, 2.75) is 33.6 Å². The van der Waals surface area contributed by atoms with E-state index in [1.807, 2.05) is 13.8 Å². The lowest BCUT2D eigenvalue weighted by Gasteiger charge is -2.20. The van der Waals surface area contributed by atoms with Crippen LogP contribution in [0.4, 0.5) is 0 Å². The van der Waals surface area contributed by atoms with Crippen LogP contribution >= 0.6 is 7.60 Å². The largest absolute Gasteiger partial charge is 0.497 e. The summed E-state index contributed by atoms with van der Waals surface area (Å²) in [4.78, 5) is 0. The zero-order chi connectivity index (χ0) is 15.0. The molecule has 0 saturated carbocycles. The van der Waals surface area contributed by atoms with Crippen molar-refractivity contribution in [3.63, 3.8) is 0 Å². The second kappa shape index (κ2) is 8.33. The Morgan fingerprint density at radius 1 is 1.15 bits per heavy atom. The number of benzene rings is 1. The summed E-state index contributed by atoms with van der Waals surface area (Å²) in [6.07, 6.45) is 2.23. The molecule has 1 aromatic carbocycles. The van der Waals surface area contributed by atoms with E-state index >= 15 is 0 Å². The number of rotatable bonds is 9. The smallest absolute Gasteiger partial charge is 0.379 e. The zero-order valence-electron chi connectivity index (χ0n) is 12.8. The monoisotopic (exact) mass is 300 g/mol. The molecular weight excluding hydrogens is 275 g/mol. The first kappa shape index (κ1) is 17.1. The molecule has 0 heterocycles. The van der Waals surface area contributed by atoms with Crippen molar-refractivity contribution < 1.29 is 18.3 Å². The Bertz CT molecular complexity index is 428. The molecule has 1 atom stereocenters. The second-order valence-corrected chi connectivity index (χ2v) is 7.25. The Morgan fingerprint density at radius 3 is 2.25 bits per heavy atom. The topological polar surface area (TPSA) is 44.8 Å². The molecule has 1 unspecified atom stereocenters. The van der Waals surface area contributed by atoms with Crippen LogP contribution in [0, 0.1) is 5.92 Å². The van der Waals surface area contributed by atoms with Crippen LogP contribution in [0.15, 0.2) is 24.3 Å². The second-order valence-electron chi connectivity index (χ2n) is 5.14. The summed E-state index contributed by atoms with van der Waals surface area (Å²) in [6, 6.07) is 7.05. The van der Waals surface area contributed by atoms with Crippen molar-refractivity contribution in [3.8, 4) is 11.5 Å². The number of methoxy groups -OCH3 is 1. The summed E-state index contributed by atoms with van der Waals surface area (Å²) in [7, 11) is -1.47. The van der Waals surface area contributed by atoms with Gasteiger partial charge in [0.05, 0.1) is 19.9 Å². The average molecular weight is 300 g/mol. The highest BCUT2D eigenvalue weighted by Crippen LogP contribution is 2.49. The Morgan fingerprint density at radius 2 is 1.75 bits per heavy atom. The standard InChI is InChI=1S/C15H25O4P/c1-5-6-11-20(16,18-12-13(2)3)19-15-9-7-14(17-4)8-10-15/h7-10,13H,5-6,11-12H2,1-4H3. The molecule has 0 aliphatic heterocycles. The molecule has 0 aliphatic rings. The van der Waals surface area contributed by atoms with Gasteiger partial charge in [0, 0.05) is 0 Å². The van der Waals surface area contributed by atoms with Gasteiger partial charge in [-0.05, 0) is 36.6 Å². The van der Waals surface area contributed by atoms with Crippen molar-refractivity contribution >= 4 is 7.60 Å². The summed E-state index contributed by atoms with van der Waals surface area (Å²) >= 11 is 0. The van der Waals surface area contributed by atoms with Gasteiger partial charge in [-0.1, -0.05) is 27.2 Å². The van der Waals surface area contributed by atoms with E-state index in [2.05, 4.69) is 6.92 Å². The van der Waals surface area contributed by atoms with Crippen LogP contribution in [0.25, 0.3) is 0 Å². The van der Waals surface area contributed by atoms with Crippen molar-refractivity contribution in [3.05, 3.63) is 24.3 Å². The fourth-order valence-electron chi connectivity index (χ4n) is 1.55. The maximum absolute atomic E-state index is 12.7. The van der Waals surface area contributed by atoms with Crippen molar-refractivity contribution in [2.24, 2.45) is 5.92 Å². The third kappa shape index (κ3) is 5.98. The number of hydrogen-bond acceptors (Lipinski definition) is 4. The Labute approximate surface area is 122 Å². The molecule has 0 aliphatic carbocycles. The summed E-state index contributed by atoms with van der Waals surface area (Å²) in [5, 5.41) is 0. The van der Waals surface area contributed by atoms with Crippen molar-refractivity contribution in [2.75, 3.05) is 19.9 Å². The SMILES string of the molecule is CCCCP(=O)(OCC(C)C)Oc1ccc(OC)cc1. The van der Waals surface area contributed by atoms with E-state index in [-0.39, 0.29) is 0 Å². The first-order chi connectivity index (χ1) is 9.49. The number of ether oxygens (including phenoxy) is 1. The van der Waals surface area contributed by atoms with Gasteiger partial charge in [-0.2, -0.15) is 0 Å². The van der Waals surface area contributed by atoms with Crippen molar-refractivity contribution in [1.82, 2.24) is 0 Å². The molecule has 5 heteroatoms. The molecule has 1 aromatic rings. The summed E-state index contributed by atoms with van der Waals surface area (Å²) in [6.45, 7) is 6.55. The average Bonchev–Trinajstić information content (AvgIpc) is 2.44. The normalized spacial score (nSPS) is 14.1. The number of unbranched alkanes of at least 4 members (excludes halogenated alkanes) is 1. The fraction of sp³-hybridized carbons (Fsp3) is 0.600. The fourth-order valence-corrected chi connectivity index (χ4v) is 3.49. The molecular formula is C15H25O4P. The van der Waals surface area contributed by atoms with Crippen LogP contribution < -0.4 is 9.26 Å². The predicted molar refractivity (Wildman–Crippen MR) is 81.8 cm³/mol. The minimum atomic E-state index is -3.08. The van der Waals surface area contributed by atoms with Crippen LogP contribution in [0.2, 0.25) is 0 Å². The van der Waals surface area contributed by atoms with E-state index in [0.717, 1.165) is 18.6 Å². The van der Waals surface area contributed by atoms with Gasteiger partial charge in [-0.25, -0.2) is 4.57 Å². The van der Waals surface area contributed by atoms with E-state index in [9.17, 15) is 4.57 Å². The van der Waals surface area contributed by atoms with Gasteiger partial charge < -0.3 is 9.26 Å². The molecule has 0 saturated heterocycles. The van der Waals surface area contributed by atoms with E-state index < -0.39 is 7.60 Å². The molecule has 0 fully saturated rings. The molecule has 114 valence electrons.